The van der Waals surface area contributed by atoms with Gasteiger partial charge in [0.15, 0.2) is 5.78 Å². The van der Waals surface area contributed by atoms with Crippen molar-refractivity contribution < 1.29 is 27.5 Å². The molecule has 154 valence electrons. The highest BCUT2D eigenvalue weighted by Crippen LogP contribution is 2.29. The molecule has 0 aliphatic rings. The van der Waals surface area contributed by atoms with Crippen LogP contribution in [0.25, 0.3) is 0 Å². The van der Waals surface area contributed by atoms with Gasteiger partial charge in [0.25, 0.3) is 5.91 Å². The zero-order valence-electron chi connectivity index (χ0n) is 15.8. The highest BCUT2D eigenvalue weighted by molar-refractivity contribution is 6.08. The molecule has 0 aromatic heterocycles. The third-order valence-corrected chi connectivity index (χ3v) is 4.26. The van der Waals surface area contributed by atoms with E-state index < -0.39 is 17.6 Å². The van der Waals surface area contributed by atoms with Gasteiger partial charge in [0.2, 0.25) is 0 Å². The summed E-state index contributed by atoms with van der Waals surface area (Å²) in [4.78, 5) is 24.4. The number of carbonyl (C=O) groups excluding carboxylic acids is 2. The van der Waals surface area contributed by atoms with Crippen molar-refractivity contribution >= 4 is 11.7 Å². The zero-order valence-corrected chi connectivity index (χ0v) is 15.8. The average molecular weight is 413 g/mol. The molecule has 4 nitrogen and oxygen atoms in total. The van der Waals surface area contributed by atoms with E-state index in [-0.39, 0.29) is 24.5 Å². The van der Waals surface area contributed by atoms with Gasteiger partial charge in [-0.15, -0.1) is 0 Å². The Balaban J connectivity index is 1.49. The number of ketones is 1. The number of amides is 1. The maximum Gasteiger partial charge on any atom is 0.416 e. The van der Waals surface area contributed by atoms with Crippen LogP contribution in [0.15, 0.2) is 78.9 Å². The van der Waals surface area contributed by atoms with Crippen LogP contribution in [0.1, 0.15) is 31.8 Å². The maximum absolute atomic E-state index is 12.7. The summed E-state index contributed by atoms with van der Waals surface area (Å²) in [6, 6.07) is 19.7. The van der Waals surface area contributed by atoms with Crippen LogP contribution in [0, 0.1) is 0 Å². The summed E-state index contributed by atoms with van der Waals surface area (Å²) >= 11 is 0. The highest BCUT2D eigenvalue weighted by Gasteiger charge is 2.30. The van der Waals surface area contributed by atoms with Crippen LogP contribution in [-0.4, -0.2) is 24.8 Å². The quantitative estimate of drug-likeness (QED) is 0.450. The number of halogens is 3. The molecule has 0 radical (unpaired) electrons. The molecule has 0 fully saturated rings. The number of hydrogen-bond acceptors (Lipinski definition) is 3. The first-order valence-electron chi connectivity index (χ1n) is 9.12. The lowest BCUT2D eigenvalue weighted by Gasteiger charge is -2.10. The number of alkyl halides is 3. The van der Waals surface area contributed by atoms with Gasteiger partial charge in [0, 0.05) is 16.7 Å². The van der Waals surface area contributed by atoms with Gasteiger partial charge in [-0.2, -0.15) is 13.2 Å². The predicted octanol–water partition coefficient (Wildman–Crippen LogP) is 4.75. The second-order valence-electron chi connectivity index (χ2n) is 6.40. The van der Waals surface area contributed by atoms with Crippen molar-refractivity contribution in [2.75, 3.05) is 13.2 Å². The fourth-order valence-electron chi connectivity index (χ4n) is 2.73. The van der Waals surface area contributed by atoms with Crippen LogP contribution in [0.2, 0.25) is 0 Å². The number of hydrogen-bond donors (Lipinski definition) is 1. The number of nitrogens with one attached hydrogen (secondary N) is 1. The molecule has 0 saturated heterocycles. The summed E-state index contributed by atoms with van der Waals surface area (Å²) in [5, 5.41) is 2.51. The second kappa shape index (κ2) is 9.26. The third-order valence-electron chi connectivity index (χ3n) is 4.26. The Bertz CT molecular complexity index is 1020. The van der Waals surface area contributed by atoms with Crippen LogP contribution in [0.5, 0.6) is 5.75 Å². The first kappa shape index (κ1) is 21.1. The summed E-state index contributed by atoms with van der Waals surface area (Å²) in [6.45, 7) is 0.233. The molecule has 1 amide bonds. The van der Waals surface area contributed by atoms with E-state index in [2.05, 4.69) is 5.32 Å². The van der Waals surface area contributed by atoms with E-state index in [1.165, 1.54) is 12.1 Å². The summed E-state index contributed by atoms with van der Waals surface area (Å²) < 4.78 is 43.7. The average Bonchev–Trinajstić information content (AvgIpc) is 2.76. The van der Waals surface area contributed by atoms with Crippen molar-refractivity contribution in [1.82, 2.24) is 5.32 Å². The number of rotatable bonds is 7. The Labute approximate surface area is 171 Å². The number of carbonyl (C=O) groups is 2. The number of ether oxygens (including phenoxy) is 1. The minimum atomic E-state index is -4.51. The van der Waals surface area contributed by atoms with E-state index in [0.717, 1.165) is 12.1 Å². The summed E-state index contributed by atoms with van der Waals surface area (Å²) in [7, 11) is 0. The van der Waals surface area contributed by atoms with E-state index in [0.29, 0.717) is 16.9 Å². The molecule has 7 heteroatoms. The lowest BCUT2D eigenvalue weighted by atomic mass is 10.0. The van der Waals surface area contributed by atoms with Crippen LogP contribution in [0.4, 0.5) is 13.2 Å². The Kier molecular flexibility index (Phi) is 6.51. The molecule has 0 unspecified atom stereocenters. The molecule has 30 heavy (non-hydrogen) atoms. The molecule has 0 spiro atoms. The molecule has 0 heterocycles. The van der Waals surface area contributed by atoms with Crippen LogP contribution in [-0.2, 0) is 6.18 Å². The topological polar surface area (TPSA) is 55.4 Å². The lowest BCUT2D eigenvalue weighted by molar-refractivity contribution is -0.137. The maximum atomic E-state index is 12.7. The van der Waals surface area contributed by atoms with Crippen molar-refractivity contribution in [2.45, 2.75) is 6.18 Å². The van der Waals surface area contributed by atoms with E-state index >= 15 is 0 Å². The molecule has 1 N–H and O–H groups in total. The Hall–Kier alpha value is -3.61. The second-order valence-corrected chi connectivity index (χ2v) is 6.40. The van der Waals surface area contributed by atoms with E-state index in [9.17, 15) is 22.8 Å². The van der Waals surface area contributed by atoms with Gasteiger partial charge in [-0.1, -0.05) is 36.4 Å². The smallest absolute Gasteiger partial charge is 0.416 e. The van der Waals surface area contributed by atoms with Crippen molar-refractivity contribution in [3.63, 3.8) is 0 Å². The van der Waals surface area contributed by atoms with Gasteiger partial charge in [0.1, 0.15) is 12.4 Å². The molecule has 3 rings (SSSR count). The summed E-state index contributed by atoms with van der Waals surface area (Å²) in [5.41, 5.74) is 0.153. The highest BCUT2D eigenvalue weighted by atomic mass is 19.4. The fourth-order valence-corrected chi connectivity index (χ4v) is 2.73. The Morgan fingerprint density at radius 3 is 2.10 bits per heavy atom. The van der Waals surface area contributed by atoms with Crippen molar-refractivity contribution in [2.24, 2.45) is 0 Å². The Morgan fingerprint density at radius 1 is 0.800 bits per heavy atom. The molecule has 3 aromatic rings. The van der Waals surface area contributed by atoms with E-state index in [1.54, 1.807) is 48.5 Å². The van der Waals surface area contributed by atoms with Gasteiger partial charge in [-0.25, -0.2) is 0 Å². The van der Waals surface area contributed by atoms with Gasteiger partial charge in [-0.3, -0.25) is 9.59 Å². The first-order chi connectivity index (χ1) is 14.3. The molecule has 0 bridgehead atoms. The van der Waals surface area contributed by atoms with Crippen LogP contribution < -0.4 is 10.1 Å². The molecular formula is C23H18F3NO3. The third kappa shape index (κ3) is 5.47. The minimum absolute atomic E-state index is 0.0754. The molecule has 0 aliphatic heterocycles. The summed E-state index contributed by atoms with van der Waals surface area (Å²) in [6.07, 6.45) is -4.51. The lowest BCUT2D eigenvalue weighted by Crippen LogP contribution is -2.28. The SMILES string of the molecule is O=C(NCCOc1ccc(C(=O)c2ccccc2)cc1)c1cccc(C(F)(F)F)c1. The molecular weight excluding hydrogens is 395 g/mol. The molecule has 0 aliphatic carbocycles. The molecule has 0 atom stereocenters. The van der Waals surface area contributed by atoms with Gasteiger partial charge < -0.3 is 10.1 Å². The van der Waals surface area contributed by atoms with Crippen LogP contribution >= 0.6 is 0 Å². The van der Waals surface area contributed by atoms with E-state index in [4.69, 9.17) is 4.74 Å². The van der Waals surface area contributed by atoms with Crippen molar-refractivity contribution in [1.29, 1.82) is 0 Å². The zero-order chi connectivity index (χ0) is 21.6. The molecule has 0 saturated carbocycles. The standard InChI is InChI=1S/C23H18F3NO3/c24-23(25,26)19-8-4-7-18(15-19)22(29)27-13-14-30-20-11-9-17(10-12-20)21(28)16-5-2-1-3-6-16/h1-12,15H,13-14H2,(H,27,29). The van der Waals surface area contributed by atoms with Crippen LogP contribution in [0.3, 0.4) is 0 Å². The predicted molar refractivity (Wildman–Crippen MR) is 106 cm³/mol. The van der Waals surface area contributed by atoms with Gasteiger partial charge >= 0.3 is 6.18 Å². The summed E-state index contributed by atoms with van der Waals surface area (Å²) in [5.74, 6) is -0.211. The van der Waals surface area contributed by atoms with Crippen molar-refractivity contribution in [3.8, 4) is 5.75 Å². The van der Waals surface area contributed by atoms with Gasteiger partial charge in [0.05, 0.1) is 12.1 Å². The van der Waals surface area contributed by atoms with Crippen molar-refractivity contribution in [3.05, 3.63) is 101 Å². The normalized spacial score (nSPS) is 11.0. The van der Waals surface area contributed by atoms with Gasteiger partial charge in [-0.05, 0) is 42.5 Å². The largest absolute Gasteiger partial charge is 0.492 e. The monoisotopic (exact) mass is 413 g/mol. The minimum Gasteiger partial charge on any atom is -0.492 e. The Morgan fingerprint density at radius 2 is 1.43 bits per heavy atom. The number of benzene rings is 3. The first-order valence-corrected chi connectivity index (χ1v) is 9.12. The van der Waals surface area contributed by atoms with E-state index in [1.807, 2.05) is 6.07 Å². The fraction of sp³-hybridized carbons (Fsp3) is 0.130. The molecule has 3 aromatic carbocycles.